The molecule has 7 heteroatoms. The first-order chi connectivity index (χ1) is 13.7. The Labute approximate surface area is 167 Å². The van der Waals surface area contributed by atoms with Crippen molar-refractivity contribution in [2.24, 2.45) is 10.9 Å². The van der Waals surface area contributed by atoms with Gasteiger partial charge in [0.15, 0.2) is 5.78 Å². The van der Waals surface area contributed by atoms with Gasteiger partial charge in [-0.1, -0.05) is 30.9 Å². The van der Waals surface area contributed by atoms with Crippen molar-refractivity contribution in [2.75, 3.05) is 0 Å². The number of carbonyl (C=O) groups excluding carboxylic acids is 1. The summed E-state index contributed by atoms with van der Waals surface area (Å²) in [7, 11) is 0. The van der Waals surface area contributed by atoms with Gasteiger partial charge in [0.2, 0.25) is 0 Å². The number of nitrogens with zero attached hydrogens (tertiary/aromatic N) is 1. The van der Waals surface area contributed by atoms with Crippen molar-refractivity contribution < 1.29 is 22.7 Å². The molecule has 2 aliphatic rings. The Morgan fingerprint density at radius 1 is 1.31 bits per heavy atom. The zero-order valence-corrected chi connectivity index (χ0v) is 15.6. The number of Topliss-reactive ketones (excluding diaryl/α,β-unsaturated/α-hetero) is 1. The number of allylic oxidation sites excluding steroid dienone is 4. The summed E-state index contributed by atoms with van der Waals surface area (Å²) in [6.07, 6.45) is 4.66. The van der Waals surface area contributed by atoms with Crippen LogP contribution in [-0.4, -0.2) is 24.2 Å². The van der Waals surface area contributed by atoms with Gasteiger partial charge >= 0.3 is 6.36 Å². The van der Waals surface area contributed by atoms with Crippen LogP contribution in [0.15, 0.2) is 64.7 Å². The highest BCUT2D eigenvalue weighted by molar-refractivity contribution is 6.05. The predicted molar refractivity (Wildman–Crippen MR) is 105 cm³/mol. The molecule has 0 saturated heterocycles. The van der Waals surface area contributed by atoms with Crippen LogP contribution in [0.25, 0.3) is 0 Å². The third-order valence-electron chi connectivity index (χ3n) is 4.67. The van der Waals surface area contributed by atoms with Crippen molar-refractivity contribution in [1.82, 2.24) is 0 Å². The lowest BCUT2D eigenvalue weighted by molar-refractivity contribution is -0.274. The molecule has 3 rings (SSSR count). The van der Waals surface area contributed by atoms with E-state index < -0.39 is 6.36 Å². The third kappa shape index (κ3) is 6.27. The molecule has 29 heavy (non-hydrogen) atoms. The molecule has 0 fully saturated rings. The Balaban J connectivity index is 1.49. The highest BCUT2D eigenvalue weighted by Crippen LogP contribution is 2.31. The molecule has 0 aliphatic heterocycles. The summed E-state index contributed by atoms with van der Waals surface area (Å²) in [5, 5.41) is 8.10. The number of amidine groups is 1. The lowest BCUT2D eigenvalue weighted by Gasteiger charge is -2.19. The van der Waals surface area contributed by atoms with E-state index >= 15 is 0 Å². The number of aliphatic imine (C=N–C) groups is 1. The normalized spacial score (nSPS) is 18.8. The van der Waals surface area contributed by atoms with Gasteiger partial charge in [-0.2, -0.15) is 0 Å². The molecule has 1 aromatic rings. The Bertz CT molecular complexity index is 909. The molecule has 0 saturated carbocycles. The van der Waals surface area contributed by atoms with Gasteiger partial charge in [0, 0.05) is 18.6 Å². The van der Waals surface area contributed by atoms with Gasteiger partial charge in [0.1, 0.15) is 11.6 Å². The summed E-state index contributed by atoms with van der Waals surface area (Å²) in [6, 6.07) is 5.54. The summed E-state index contributed by atoms with van der Waals surface area (Å²) in [4.78, 5) is 16.2. The average Bonchev–Trinajstić information content (AvgIpc) is 3.51. The molecule has 2 aliphatic carbocycles. The van der Waals surface area contributed by atoms with Crippen LogP contribution < -0.4 is 4.74 Å². The monoisotopic (exact) mass is 401 g/mol. The maximum Gasteiger partial charge on any atom is 0.573 e. The molecule has 151 valence electrons. The van der Waals surface area contributed by atoms with Crippen molar-refractivity contribution in [3.63, 3.8) is 0 Å². The van der Waals surface area contributed by atoms with Crippen LogP contribution in [0.5, 0.6) is 5.75 Å². The summed E-state index contributed by atoms with van der Waals surface area (Å²) in [5.74, 6) is 0.0255. The van der Waals surface area contributed by atoms with Gasteiger partial charge in [0.25, 0.3) is 0 Å². The minimum absolute atomic E-state index is 0.0141. The van der Waals surface area contributed by atoms with E-state index in [-0.39, 0.29) is 23.3 Å². The second-order valence-corrected chi connectivity index (χ2v) is 6.99. The molecule has 1 unspecified atom stereocenters. The minimum atomic E-state index is -4.72. The zero-order chi connectivity index (χ0) is 21.0. The van der Waals surface area contributed by atoms with E-state index in [0.717, 1.165) is 16.7 Å². The third-order valence-corrected chi connectivity index (χ3v) is 4.67. The Hall–Kier alpha value is -2.96. The van der Waals surface area contributed by atoms with Crippen LogP contribution in [0.1, 0.15) is 24.8 Å². The van der Waals surface area contributed by atoms with E-state index in [1.165, 1.54) is 30.5 Å². The van der Waals surface area contributed by atoms with Crippen LogP contribution in [-0.2, 0) is 11.2 Å². The predicted octanol–water partition coefficient (Wildman–Crippen LogP) is 5.17. The standard InChI is InChI=1S/C22H20F3N2O2/c1-14(12-15-2-10-19(11-3-15)29-22(23,24)25)13-27-21(26)18-8-6-17(7-9-18)20(28)16-4-5-16/h2-5,8,10-11,13,17,26H,1,6-7,9,12H2. The molecule has 4 nitrogen and oxygen atoms in total. The zero-order valence-electron chi connectivity index (χ0n) is 15.6. The number of benzene rings is 1. The van der Waals surface area contributed by atoms with Crippen LogP contribution in [0.3, 0.4) is 0 Å². The maximum absolute atomic E-state index is 12.2. The van der Waals surface area contributed by atoms with Crippen LogP contribution >= 0.6 is 0 Å². The first-order valence-electron chi connectivity index (χ1n) is 9.15. The molecular formula is C22H20F3N2O2. The Morgan fingerprint density at radius 2 is 2.00 bits per heavy atom. The summed E-state index contributed by atoms with van der Waals surface area (Å²) >= 11 is 0. The highest BCUT2D eigenvalue weighted by atomic mass is 19.4. The van der Waals surface area contributed by atoms with Crippen molar-refractivity contribution in [3.05, 3.63) is 71.7 Å². The van der Waals surface area contributed by atoms with Crippen molar-refractivity contribution >= 4 is 17.8 Å². The topological polar surface area (TPSA) is 62.5 Å². The first kappa shape index (κ1) is 20.8. The molecule has 1 radical (unpaired) electrons. The lowest BCUT2D eigenvalue weighted by atomic mass is 9.85. The molecule has 0 amide bonds. The Morgan fingerprint density at radius 3 is 2.55 bits per heavy atom. The Kier molecular flexibility index (Phi) is 6.15. The molecule has 0 spiro atoms. The maximum atomic E-state index is 12.2. The molecule has 0 aromatic heterocycles. The van der Waals surface area contributed by atoms with E-state index in [0.29, 0.717) is 31.3 Å². The number of ketones is 1. The number of hydrogen-bond donors (Lipinski definition) is 1. The van der Waals surface area contributed by atoms with Crippen molar-refractivity contribution in [1.29, 1.82) is 5.41 Å². The van der Waals surface area contributed by atoms with Gasteiger partial charge in [-0.3, -0.25) is 10.2 Å². The molecule has 1 N–H and O–H groups in total. The molecule has 1 atom stereocenters. The number of nitrogens with one attached hydrogen (secondary N) is 1. The van der Waals surface area contributed by atoms with Crippen LogP contribution in [0.2, 0.25) is 0 Å². The average molecular weight is 401 g/mol. The van der Waals surface area contributed by atoms with Crippen molar-refractivity contribution in [3.8, 4) is 5.75 Å². The second kappa shape index (κ2) is 8.59. The fraction of sp³-hybridized carbons (Fsp3) is 0.273. The van der Waals surface area contributed by atoms with Gasteiger partial charge in [-0.05, 0) is 60.1 Å². The first-order valence-corrected chi connectivity index (χ1v) is 9.15. The van der Waals surface area contributed by atoms with Gasteiger partial charge in [-0.25, -0.2) is 4.99 Å². The summed E-state index contributed by atoms with van der Waals surface area (Å²) < 4.78 is 40.4. The van der Waals surface area contributed by atoms with Crippen LogP contribution in [0, 0.1) is 17.7 Å². The number of ether oxygens (including phenoxy) is 1. The number of alkyl halides is 3. The SMILES string of the molecule is C=C(C=NC(=N)C1=CCC(C(=O)C2=C[CH]2)CC1)Cc1ccc(OC(F)(F)F)cc1. The number of carbonyl (C=O) groups is 1. The lowest BCUT2D eigenvalue weighted by Crippen LogP contribution is -2.18. The van der Waals surface area contributed by atoms with Crippen molar-refractivity contribution in [2.45, 2.75) is 32.0 Å². The van der Waals surface area contributed by atoms with E-state index in [4.69, 9.17) is 5.41 Å². The van der Waals surface area contributed by atoms with E-state index in [1.807, 2.05) is 18.6 Å². The molecular weight excluding hydrogens is 381 g/mol. The largest absolute Gasteiger partial charge is 0.573 e. The number of hydrogen-bond acceptors (Lipinski definition) is 3. The smallest absolute Gasteiger partial charge is 0.406 e. The summed E-state index contributed by atoms with van der Waals surface area (Å²) in [5.41, 5.74) is 2.99. The number of rotatable bonds is 7. The van der Waals surface area contributed by atoms with Crippen LogP contribution in [0.4, 0.5) is 13.2 Å². The second-order valence-electron chi connectivity index (χ2n) is 6.99. The van der Waals surface area contributed by atoms with E-state index in [1.54, 1.807) is 0 Å². The quantitative estimate of drug-likeness (QED) is 0.506. The molecule has 1 aromatic carbocycles. The minimum Gasteiger partial charge on any atom is -0.406 e. The van der Waals surface area contributed by atoms with Gasteiger partial charge in [-0.15, -0.1) is 13.2 Å². The number of halogens is 3. The summed E-state index contributed by atoms with van der Waals surface area (Å²) in [6.45, 7) is 3.88. The van der Waals surface area contributed by atoms with Gasteiger partial charge < -0.3 is 4.74 Å². The molecule has 0 bridgehead atoms. The van der Waals surface area contributed by atoms with Gasteiger partial charge in [0.05, 0.1) is 0 Å². The fourth-order valence-corrected chi connectivity index (χ4v) is 3.08. The highest BCUT2D eigenvalue weighted by Gasteiger charge is 2.31. The molecule has 0 heterocycles. The fourth-order valence-electron chi connectivity index (χ4n) is 3.08. The van der Waals surface area contributed by atoms with E-state index in [2.05, 4.69) is 16.3 Å². The van der Waals surface area contributed by atoms with E-state index in [9.17, 15) is 18.0 Å².